The van der Waals surface area contributed by atoms with Crippen LogP contribution < -0.4 is 0 Å². The normalized spacial score (nSPS) is 33.0. The van der Waals surface area contributed by atoms with E-state index in [0.717, 1.165) is 12.8 Å². The quantitative estimate of drug-likeness (QED) is 0.564. The van der Waals surface area contributed by atoms with Crippen molar-refractivity contribution in [1.82, 2.24) is 0 Å². The summed E-state index contributed by atoms with van der Waals surface area (Å²) in [6, 6.07) is 0. The standard InChI is InChI=1S/C8H14F2/c1-5(2)6-3-7(4-6)8(9)10/h5-8H,3-4H2,1-2H3/t6-,7-. The Hall–Kier alpha value is -0.140. The van der Waals surface area contributed by atoms with Crippen LogP contribution in [-0.2, 0) is 0 Å². The summed E-state index contributed by atoms with van der Waals surface area (Å²) in [4.78, 5) is 0. The molecule has 0 unspecified atom stereocenters. The molecule has 0 aliphatic heterocycles. The largest absolute Gasteiger partial charge is 0.241 e. The highest BCUT2D eigenvalue weighted by atomic mass is 19.3. The molecule has 0 aromatic rings. The van der Waals surface area contributed by atoms with Crippen molar-refractivity contribution >= 4 is 0 Å². The Kier molecular flexibility index (Phi) is 2.27. The van der Waals surface area contributed by atoms with E-state index in [-0.39, 0.29) is 5.92 Å². The lowest BCUT2D eigenvalue weighted by molar-refractivity contribution is -0.0108. The predicted molar refractivity (Wildman–Crippen MR) is 37.1 cm³/mol. The zero-order valence-electron chi connectivity index (χ0n) is 6.48. The highest BCUT2D eigenvalue weighted by Crippen LogP contribution is 2.41. The minimum atomic E-state index is -2.07. The maximum absolute atomic E-state index is 11.9. The van der Waals surface area contributed by atoms with Crippen LogP contribution in [0.25, 0.3) is 0 Å². The van der Waals surface area contributed by atoms with E-state index in [1.165, 1.54) is 0 Å². The van der Waals surface area contributed by atoms with Gasteiger partial charge in [0.15, 0.2) is 0 Å². The minimum Gasteiger partial charge on any atom is -0.210 e. The van der Waals surface area contributed by atoms with Crippen molar-refractivity contribution in [2.75, 3.05) is 0 Å². The number of hydrogen-bond donors (Lipinski definition) is 0. The molecule has 1 aliphatic carbocycles. The first-order chi connectivity index (χ1) is 4.61. The first kappa shape index (κ1) is 7.96. The molecule has 1 saturated carbocycles. The summed E-state index contributed by atoms with van der Waals surface area (Å²) in [5.41, 5.74) is 0. The molecule has 60 valence electrons. The predicted octanol–water partition coefficient (Wildman–Crippen LogP) is 2.93. The van der Waals surface area contributed by atoms with Gasteiger partial charge in [0.2, 0.25) is 6.43 Å². The van der Waals surface area contributed by atoms with Crippen LogP contribution in [0.2, 0.25) is 0 Å². The van der Waals surface area contributed by atoms with Gasteiger partial charge in [-0.15, -0.1) is 0 Å². The van der Waals surface area contributed by atoms with E-state index in [1.807, 2.05) is 0 Å². The lowest BCUT2D eigenvalue weighted by Crippen LogP contribution is -2.32. The molecule has 0 amide bonds. The van der Waals surface area contributed by atoms with Gasteiger partial charge in [-0.2, -0.15) is 0 Å². The average molecular weight is 148 g/mol. The summed E-state index contributed by atoms with van der Waals surface area (Å²) in [5, 5.41) is 0. The third-order valence-corrected chi connectivity index (χ3v) is 2.51. The Bertz CT molecular complexity index is 91.8. The molecular weight excluding hydrogens is 134 g/mol. The number of rotatable bonds is 2. The van der Waals surface area contributed by atoms with Crippen LogP contribution in [0.15, 0.2) is 0 Å². The van der Waals surface area contributed by atoms with E-state index in [1.54, 1.807) is 0 Å². The summed E-state index contributed by atoms with van der Waals surface area (Å²) < 4.78 is 23.8. The van der Waals surface area contributed by atoms with Gasteiger partial charge in [-0.1, -0.05) is 13.8 Å². The van der Waals surface area contributed by atoms with E-state index in [0.29, 0.717) is 11.8 Å². The summed E-state index contributed by atoms with van der Waals surface area (Å²) in [7, 11) is 0. The second kappa shape index (κ2) is 2.85. The summed E-state index contributed by atoms with van der Waals surface area (Å²) in [6.45, 7) is 4.21. The number of hydrogen-bond acceptors (Lipinski definition) is 0. The fourth-order valence-electron chi connectivity index (χ4n) is 1.46. The molecule has 0 bridgehead atoms. The SMILES string of the molecule is CC(C)[C@H]1C[C@H](C(F)F)C1. The van der Waals surface area contributed by atoms with Crippen LogP contribution >= 0.6 is 0 Å². The lowest BCUT2D eigenvalue weighted by atomic mass is 9.70. The first-order valence-corrected chi connectivity index (χ1v) is 3.89. The van der Waals surface area contributed by atoms with Gasteiger partial charge in [0.1, 0.15) is 0 Å². The Morgan fingerprint density at radius 2 is 1.60 bits per heavy atom. The van der Waals surface area contributed by atoms with Crippen LogP contribution in [0.1, 0.15) is 26.7 Å². The number of halogens is 2. The molecular formula is C8H14F2. The van der Waals surface area contributed by atoms with Crippen LogP contribution in [0.5, 0.6) is 0 Å². The van der Waals surface area contributed by atoms with Crippen molar-refractivity contribution in [2.45, 2.75) is 33.1 Å². The van der Waals surface area contributed by atoms with Crippen molar-refractivity contribution in [2.24, 2.45) is 17.8 Å². The fourth-order valence-corrected chi connectivity index (χ4v) is 1.46. The van der Waals surface area contributed by atoms with Crippen molar-refractivity contribution < 1.29 is 8.78 Å². The van der Waals surface area contributed by atoms with Gasteiger partial charge < -0.3 is 0 Å². The topological polar surface area (TPSA) is 0 Å². The molecule has 0 nitrogen and oxygen atoms in total. The smallest absolute Gasteiger partial charge is 0.210 e. The van der Waals surface area contributed by atoms with E-state index >= 15 is 0 Å². The van der Waals surface area contributed by atoms with Crippen molar-refractivity contribution in [3.63, 3.8) is 0 Å². The van der Waals surface area contributed by atoms with Crippen LogP contribution in [-0.4, -0.2) is 6.43 Å². The molecule has 0 N–H and O–H groups in total. The molecule has 0 aromatic heterocycles. The van der Waals surface area contributed by atoms with Crippen LogP contribution in [0, 0.1) is 17.8 Å². The fraction of sp³-hybridized carbons (Fsp3) is 1.00. The van der Waals surface area contributed by atoms with Gasteiger partial charge in [0.05, 0.1) is 0 Å². The average Bonchev–Trinajstić information content (AvgIpc) is 1.56. The van der Waals surface area contributed by atoms with Gasteiger partial charge in [0.25, 0.3) is 0 Å². The van der Waals surface area contributed by atoms with Crippen LogP contribution in [0.4, 0.5) is 8.78 Å². The van der Waals surface area contributed by atoms with Crippen molar-refractivity contribution in [3.05, 3.63) is 0 Å². The minimum absolute atomic E-state index is 0.285. The maximum Gasteiger partial charge on any atom is 0.241 e. The second-order valence-corrected chi connectivity index (χ2v) is 3.57. The highest BCUT2D eigenvalue weighted by Gasteiger charge is 2.36. The monoisotopic (exact) mass is 148 g/mol. The van der Waals surface area contributed by atoms with Crippen LogP contribution in [0.3, 0.4) is 0 Å². The van der Waals surface area contributed by atoms with Gasteiger partial charge in [0, 0.05) is 5.92 Å². The van der Waals surface area contributed by atoms with Gasteiger partial charge >= 0.3 is 0 Å². The zero-order valence-corrected chi connectivity index (χ0v) is 6.48. The lowest BCUT2D eigenvalue weighted by Gasteiger charge is -2.37. The zero-order chi connectivity index (χ0) is 7.72. The molecule has 1 rings (SSSR count). The molecule has 2 heteroatoms. The number of alkyl halides is 2. The van der Waals surface area contributed by atoms with E-state index < -0.39 is 6.43 Å². The molecule has 0 spiro atoms. The molecule has 1 aliphatic rings. The summed E-state index contributed by atoms with van der Waals surface area (Å²) in [5.74, 6) is 0.876. The molecule has 0 radical (unpaired) electrons. The first-order valence-electron chi connectivity index (χ1n) is 3.89. The third kappa shape index (κ3) is 1.47. The Labute approximate surface area is 60.6 Å². The highest BCUT2D eigenvalue weighted by molar-refractivity contribution is 4.82. The Morgan fingerprint density at radius 1 is 1.10 bits per heavy atom. The van der Waals surface area contributed by atoms with E-state index in [2.05, 4.69) is 13.8 Å². The Morgan fingerprint density at radius 3 is 1.90 bits per heavy atom. The van der Waals surface area contributed by atoms with Gasteiger partial charge in [-0.3, -0.25) is 0 Å². The maximum atomic E-state index is 11.9. The summed E-state index contributed by atoms with van der Waals surface area (Å²) >= 11 is 0. The second-order valence-electron chi connectivity index (χ2n) is 3.57. The third-order valence-electron chi connectivity index (χ3n) is 2.51. The molecule has 0 atom stereocenters. The van der Waals surface area contributed by atoms with Crippen molar-refractivity contribution in [3.8, 4) is 0 Å². The summed E-state index contributed by atoms with van der Waals surface area (Å²) in [6.07, 6.45) is -0.583. The van der Waals surface area contributed by atoms with E-state index in [4.69, 9.17) is 0 Å². The molecule has 1 fully saturated rings. The molecule has 0 saturated heterocycles. The molecule has 0 heterocycles. The van der Waals surface area contributed by atoms with E-state index in [9.17, 15) is 8.78 Å². The molecule has 0 aromatic carbocycles. The van der Waals surface area contributed by atoms with Gasteiger partial charge in [-0.25, -0.2) is 8.78 Å². The Balaban J connectivity index is 2.18. The molecule has 10 heavy (non-hydrogen) atoms. The van der Waals surface area contributed by atoms with Crippen molar-refractivity contribution in [1.29, 1.82) is 0 Å². The van der Waals surface area contributed by atoms with Gasteiger partial charge in [-0.05, 0) is 24.7 Å².